The number of nitrogens with one attached hydrogen (secondary N) is 1. The van der Waals surface area contributed by atoms with Gasteiger partial charge in [-0.15, -0.1) is 0 Å². The van der Waals surface area contributed by atoms with Crippen molar-refractivity contribution in [1.29, 1.82) is 0 Å². The molecular formula is C10H19N3O2S. The Kier molecular flexibility index (Phi) is 4.49. The zero-order valence-corrected chi connectivity index (χ0v) is 10.8. The first-order valence-electron chi connectivity index (χ1n) is 5.41. The zero-order valence-electron chi connectivity index (χ0n) is 9.97. The molecule has 0 aliphatic rings. The van der Waals surface area contributed by atoms with Crippen LogP contribution >= 0.6 is 0 Å². The van der Waals surface area contributed by atoms with Gasteiger partial charge in [0.2, 0.25) is 0 Å². The lowest BCUT2D eigenvalue weighted by molar-refractivity contribution is 0.537. The van der Waals surface area contributed by atoms with Crippen LogP contribution in [0.3, 0.4) is 0 Å². The van der Waals surface area contributed by atoms with Gasteiger partial charge in [-0.1, -0.05) is 13.8 Å². The maximum Gasteiger partial charge on any atom is 0.259 e. The molecule has 0 bridgehead atoms. The maximum absolute atomic E-state index is 11.7. The average molecular weight is 245 g/mol. The molecule has 0 aliphatic heterocycles. The summed E-state index contributed by atoms with van der Waals surface area (Å²) in [5, 5.41) is 3.95. The highest BCUT2D eigenvalue weighted by molar-refractivity contribution is 7.89. The van der Waals surface area contributed by atoms with Gasteiger partial charge in [-0.3, -0.25) is 4.68 Å². The molecule has 1 aromatic heterocycles. The van der Waals surface area contributed by atoms with E-state index in [0.717, 1.165) is 12.8 Å². The zero-order chi connectivity index (χ0) is 12.2. The molecular weight excluding hydrogens is 226 g/mol. The number of hydrogen-bond donors (Lipinski definition) is 1. The molecule has 0 aromatic carbocycles. The van der Waals surface area contributed by atoms with Gasteiger partial charge in [-0.25, -0.2) is 13.1 Å². The van der Waals surface area contributed by atoms with E-state index in [2.05, 4.69) is 23.7 Å². The largest absolute Gasteiger partial charge is 0.274 e. The Labute approximate surface area is 96.9 Å². The molecule has 0 radical (unpaired) electrons. The summed E-state index contributed by atoms with van der Waals surface area (Å²) in [5.74, 6) is 0.597. The maximum atomic E-state index is 11.7. The van der Waals surface area contributed by atoms with Crippen molar-refractivity contribution in [3.63, 3.8) is 0 Å². The minimum absolute atomic E-state index is 0.0829. The van der Waals surface area contributed by atoms with E-state index in [1.165, 1.54) is 10.7 Å². The topological polar surface area (TPSA) is 64.0 Å². The molecule has 0 atom stereocenters. The van der Waals surface area contributed by atoms with Gasteiger partial charge in [0.1, 0.15) is 0 Å². The summed E-state index contributed by atoms with van der Waals surface area (Å²) in [7, 11) is -1.73. The molecule has 0 spiro atoms. The SMILES string of the molecule is CC(C)CCCNS(=O)(=O)c1ccn(C)n1. The van der Waals surface area contributed by atoms with E-state index >= 15 is 0 Å². The minimum atomic E-state index is -3.42. The van der Waals surface area contributed by atoms with Crippen LogP contribution < -0.4 is 4.72 Å². The van der Waals surface area contributed by atoms with Gasteiger partial charge < -0.3 is 0 Å². The van der Waals surface area contributed by atoms with Crippen LogP contribution in [0.1, 0.15) is 26.7 Å². The number of hydrogen-bond acceptors (Lipinski definition) is 3. The predicted molar refractivity (Wildman–Crippen MR) is 62.5 cm³/mol. The van der Waals surface area contributed by atoms with Crippen LogP contribution in [0.15, 0.2) is 17.3 Å². The summed E-state index contributed by atoms with van der Waals surface area (Å²) in [6.45, 7) is 4.71. The van der Waals surface area contributed by atoms with E-state index < -0.39 is 10.0 Å². The van der Waals surface area contributed by atoms with Crippen LogP contribution in [-0.4, -0.2) is 24.7 Å². The third-order valence-electron chi connectivity index (χ3n) is 2.21. The Morgan fingerprint density at radius 3 is 2.69 bits per heavy atom. The van der Waals surface area contributed by atoms with Gasteiger partial charge in [0.25, 0.3) is 10.0 Å². The van der Waals surface area contributed by atoms with Crippen molar-refractivity contribution in [2.24, 2.45) is 13.0 Å². The fourth-order valence-corrected chi connectivity index (χ4v) is 2.37. The average Bonchev–Trinajstić information content (AvgIpc) is 2.60. The van der Waals surface area contributed by atoms with Crippen LogP contribution in [0.5, 0.6) is 0 Å². The minimum Gasteiger partial charge on any atom is -0.274 e. The first-order chi connectivity index (χ1) is 7.42. The standard InChI is InChI=1S/C10H19N3O2S/c1-9(2)5-4-7-11-16(14,15)10-6-8-13(3)12-10/h6,8-9,11H,4-5,7H2,1-3H3. The smallest absolute Gasteiger partial charge is 0.259 e. The Morgan fingerprint density at radius 1 is 1.50 bits per heavy atom. The van der Waals surface area contributed by atoms with Crippen molar-refractivity contribution in [1.82, 2.24) is 14.5 Å². The predicted octanol–water partition coefficient (Wildman–Crippen LogP) is 1.13. The van der Waals surface area contributed by atoms with Crippen molar-refractivity contribution >= 4 is 10.0 Å². The molecule has 92 valence electrons. The normalized spacial score (nSPS) is 12.2. The van der Waals surface area contributed by atoms with Gasteiger partial charge in [-0.2, -0.15) is 5.10 Å². The highest BCUT2D eigenvalue weighted by Crippen LogP contribution is 2.06. The second-order valence-corrected chi connectivity index (χ2v) is 5.98. The Morgan fingerprint density at radius 2 is 2.19 bits per heavy atom. The second-order valence-electron chi connectivity index (χ2n) is 4.26. The number of rotatable bonds is 6. The lowest BCUT2D eigenvalue weighted by atomic mass is 10.1. The van der Waals surface area contributed by atoms with E-state index in [1.807, 2.05) is 0 Å². The van der Waals surface area contributed by atoms with E-state index in [1.54, 1.807) is 13.2 Å². The third kappa shape index (κ3) is 3.94. The van der Waals surface area contributed by atoms with Gasteiger partial charge in [0.05, 0.1) is 0 Å². The fourth-order valence-electron chi connectivity index (χ4n) is 1.33. The molecule has 1 N–H and O–H groups in total. The summed E-state index contributed by atoms with van der Waals surface area (Å²) in [6.07, 6.45) is 3.48. The van der Waals surface area contributed by atoms with Crippen LogP contribution in [0, 0.1) is 5.92 Å². The van der Waals surface area contributed by atoms with E-state index in [0.29, 0.717) is 12.5 Å². The van der Waals surface area contributed by atoms with Crippen molar-refractivity contribution < 1.29 is 8.42 Å². The summed E-state index contributed by atoms with van der Waals surface area (Å²) in [5.41, 5.74) is 0. The fraction of sp³-hybridized carbons (Fsp3) is 0.700. The van der Waals surface area contributed by atoms with Crippen LogP contribution in [0.25, 0.3) is 0 Å². The first-order valence-corrected chi connectivity index (χ1v) is 6.89. The molecule has 0 aliphatic carbocycles. The summed E-state index contributed by atoms with van der Waals surface area (Å²) >= 11 is 0. The van der Waals surface area contributed by atoms with E-state index in [4.69, 9.17) is 0 Å². The van der Waals surface area contributed by atoms with Crippen molar-refractivity contribution in [2.75, 3.05) is 6.54 Å². The Balaban J connectivity index is 2.47. The summed E-state index contributed by atoms with van der Waals surface area (Å²) in [6, 6.07) is 1.49. The van der Waals surface area contributed by atoms with Gasteiger partial charge in [0.15, 0.2) is 5.03 Å². The molecule has 0 fully saturated rings. The van der Waals surface area contributed by atoms with Crippen LogP contribution in [0.4, 0.5) is 0 Å². The van der Waals surface area contributed by atoms with Crippen molar-refractivity contribution in [3.8, 4) is 0 Å². The van der Waals surface area contributed by atoms with Crippen LogP contribution in [-0.2, 0) is 17.1 Å². The molecule has 0 amide bonds. The van der Waals surface area contributed by atoms with Crippen LogP contribution in [0.2, 0.25) is 0 Å². The molecule has 0 saturated heterocycles. The first kappa shape index (κ1) is 13.2. The molecule has 6 heteroatoms. The van der Waals surface area contributed by atoms with E-state index in [9.17, 15) is 8.42 Å². The Bertz CT molecular complexity index is 423. The summed E-state index contributed by atoms with van der Waals surface area (Å²) < 4.78 is 27.4. The van der Waals surface area contributed by atoms with Crippen molar-refractivity contribution in [2.45, 2.75) is 31.7 Å². The summed E-state index contributed by atoms with van der Waals surface area (Å²) in [4.78, 5) is 0. The molecule has 0 unspecified atom stereocenters. The van der Waals surface area contributed by atoms with E-state index in [-0.39, 0.29) is 5.03 Å². The van der Waals surface area contributed by atoms with Gasteiger partial charge >= 0.3 is 0 Å². The molecule has 5 nitrogen and oxygen atoms in total. The lowest BCUT2D eigenvalue weighted by Gasteiger charge is -2.05. The number of sulfonamides is 1. The van der Waals surface area contributed by atoms with Gasteiger partial charge in [-0.05, 0) is 24.8 Å². The number of nitrogens with zero attached hydrogens (tertiary/aromatic N) is 2. The molecule has 0 saturated carbocycles. The van der Waals surface area contributed by atoms with Gasteiger partial charge in [0, 0.05) is 19.8 Å². The number of aromatic nitrogens is 2. The highest BCUT2D eigenvalue weighted by Gasteiger charge is 2.15. The number of aryl methyl sites for hydroxylation is 1. The highest BCUT2D eigenvalue weighted by atomic mass is 32.2. The second kappa shape index (κ2) is 5.45. The Hall–Kier alpha value is -0.880. The molecule has 1 rings (SSSR count). The monoisotopic (exact) mass is 245 g/mol. The molecule has 1 aromatic rings. The molecule has 1 heterocycles. The lowest BCUT2D eigenvalue weighted by Crippen LogP contribution is -2.25. The quantitative estimate of drug-likeness (QED) is 0.764. The third-order valence-corrected chi connectivity index (χ3v) is 3.57. The molecule has 16 heavy (non-hydrogen) atoms. The van der Waals surface area contributed by atoms with Crippen molar-refractivity contribution in [3.05, 3.63) is 12.3 Å².